The summed E-state index contributed by atoms with van der Waals surface area (Å²) in [6.45, 7) is 8.44. The zero-order valence-corrected chi connectivity index (χ0v) is 17.1. The Morgan fingerprint density at radius 2 is 1.73 bits per heavy atom. The van der Waals surface area contributed by atoms with E-state index in [-0.39, 0.29) is 24.2 Å². The Morgan fingerprint density at radius 1 is 1.08 bits per heavy atom. The van der Waals surface area contributed by atoms with Crippen LogP contribution in [-0.2, 0) is 9.59 Å². The number of halogens is 1. The first-order valence-corrected chi connectivity index (χ1v) is 9.51. The smallest absolute Gasteiger partial charge is 0.229 e. The molecule has 1 aliphatic heterocycles. The molecule has 2 aromatic rings. The number of carbonyl (C=O) groups excluding carboxylic acids is 2. The van der Waals surface area contributed by atoms with E-state index in [0.717, 1.165) is 38.1 Å². The number of benzene rings is 2. The first-order valence-electron chi connectivity index (χ1n) is 8.71. The van der Waals surface area contributed by atoms with Crippen LogP contribution in [0.15, 0.2) is 34.8 Å². The Hall–Kier alpha value is -2.14. The van der Waals surface area contributed by atoms with Crippen LogP contribution in [0.3, 0.4) is 0 Å². The predicted octanol–water partition coefficient (Wildman–Crippen LogP) is 4.67. The van der Waals surface area contributed by atoms with Crippen molar-refractivity contribution in [3.8, 4) is 0 Å². The number of carbonyl (C=O) groups is 2. The molecular formula is C21H23BrN2O2. The largest absolute Gasteiger partial charge is 0.326 e. The number of aryl methyl sites for hydroxylation is 2. The van der Waals surface area contributed by atoms with Crippen LogP contribution >= 0.6 is 15.9 Å². The SMILES string of the molecule is Cc1cc(C)cc(N2C[C@H](C(=O)Nc3ccc(Br)c(C)c3C)CC2=O)c1. The number of anilines is 2. The summed E-state index contributed by atoms with van der Waals surface area (Å²) in [6, 6.07) is 9.88. The molecule has 0 aromatic heterocycles. The minimum Gasteiger partial charge on any atom is -0.326 e. The molecule has 0 unspecified atom stereocenters. The van der Waals surface area contributed by atoms with Gasteiger partial charge in [-0.3, -0.25) is 9.59 Å². The highest BCUT2D eigenvalue weighted by molar-refractivity contribution is 9.10. The average molecular weight is 415 g/mol. The number of rotatable bonds is 3. The summed E-state index contributed by atoms with van der Waals surface area (Å²) in [6.07, 6.45) is 0.243. The van der Waals surface area contributed by atoms with E-state index >= 15 is 0 Å². The first-order chi connectivity index (χ1) is 12.3. The van der Waals surface area contributed by atoms with E-state index in [1.807, 2.05) is 52.0 Å². The summed E-state index contributed by atoms with van der Waals surface area (Å²) in [4.78, 5) is 26.9. The van der Waals surface area contributed by atoms with Crippen LogP contribution in [0.4, 0.5) is 11.4 Å². The number of amides is 2. The lowest BCUT2D eigenvalue weighted by atomic mass is 10.1. The second-order valence-electron chi connectivity index (χ2n) is 7.09. The topological polar surface area (TPSA) is 49.4 Å². The lowest BCUT2D eigenvalue weighted by Crippen LogP contribution is -2.28. The zero-order chi connectivity index (χ0) is 19.0. The summed E-state index contributed by atoms with van der Waals surface area (Å²) in [5.74, 6) is -0.444. The van der Waals surface area contributed by atoms with Gasteiger partial charge in [0.25, 0.3) is 0 Å². The van der Waals surface area contributed by atoms with E-state index in [1.54, 1.807) is 4.90 Å². The highest BCUT2D eigenvalue weighted by atomic mass is 79.9. The first kappa shape index (κ1) is 18.6. The van der Waals surface area contributed by atoms with Gasteiger partial charge >= 0.3 is 0 Å². The number of hydrogen-bond acceptors (Lipinski definition) is 2. The maximum Gasteiger partial charge on any atom is 0.229 e. The van der Waals surface area contributed by atoms with Gasteiger partial charge in [0.05, 0.1) is 5.92 Å². The Kier molecular flexibility index (Phi) is 5.19. The fourth-order valence-electron chi connectivity index (χ4n) is 3.40. The van der Waals surface area contributed by atoms with Gasteiger partial charge in [0.1, 0.15) is 0 Å². The van der Waals surface area contributed by atoms with Crippen LogP contribution in [0.2, 0.25) is 0 Å². The predicted molar refractivity (Wildman–Crippen MR) is 109 cm³/mol. The molecule has 0 aliphatic carbocycles. The van der Waals surface area contributed by atoms with Crippen molar-refractivity contribution < 1.29 is 9.59 Å². The fourth-order valence-corrected chi connectivity index (χ4v) is 3.83. The zero-order valence-electron chi connectivity index (χ0n) is 15.5. The Balaban J connectivity index is 1.76. The molecular weight excluding hydrogens is 392 g/mol. The third-order valence-corrected chi connectivity index (χ3v) is 5.85. The average Bonchev–Trinajstić information content (AvgIpc) is 2.96. The second-order valence-corrected chi connectivity index (χ2v) is 7.94. The second kappa shape index (κ2) is 7.23. The van der Waals surface area contributed by atoms with Crippen molar-refractivity contribution in [1.82, 2.24) is 0 Å². The van der Waals surface area contributed by atoms with E-state index in [1.165, 1.54) is 0 Å². The van der Waals surface area contributed by atoms with E-state index in [9.17, 15) is 9.59 Å². The maximum atomic E-state index is 12.7. The van der Waals surface area contributed by atoms with Crippen molar-refractivity contribution in [2.24, 2.45) is 5.92 Å². The lowest BCUT2D eigenvalue weighted by molar-refractivity contribution is -0.122. The van der Waals surface area contributed by atoms with Gasteiger partial charge in [-0.15, -0.1) is 0 Å². The highest BCUT2D eigenvalue weighted by Gasteiger charge is 2.35. The molecule has 2 aromatic carbocycles. The van der Waals surface area contributed by atoms with E-state index < -0.39 is 0 Å². The fraction of sp³-hybridized carbons (Fsp3) is 0.333. The van der Waals surface area contributed by atoms with E-state index in [4.69, 9.17) is 0 Å². The summed E-state index contributed by atoms with van der Waals surface area (Å²) >= 11 is 3.50. The molecule has 0 bridgehead atoms. The normalized spacial score (nSPS) is 16.9. The summed E-state index contributed by atoms with van der Waals surface area (Å²) in [7, 11) is 0. The van der Waals surface area contributed by atoms with Crippen LogP contribution in [-0.4, -0.2) is 18.4 Å². The molecule has 1 fully saturated rings. The molecule has 4 nitrogen and oxygen atoms in total. The van der Waals surface area contributed by atoms with Crippen LogP contribution in [0.5, 0.6) is 0 Å². The number of nitrogens with zero attached hydrogens (tertiary/aromatic N) is 1. The van der Waals surface area contributed by atoms with Crippen molar-refractivity contribution >= 4 is 39.1 Å². The van der Waals surface area contributed by atoms with Crippen LogP contribution < -0.4 is 10.2 Å². The van der Waals surface area contributed by atoms with Crippen molar-refractivity contribution in [3.05, 3.63) is 57.1 Å². The highest BCUT2D eigenvalue weighted by Crippen LogP contribution is 2.29. The summed E-state index contributed by atoms with van der Waals surface area (Å²) in [5.41, 5.74) is 6.03. The molecule has 136 valence electrons. The van der Waals surface area contributed by atoms with Crippen LogP contribution in [0.25, 0.3) is 0 Å². The van der Waals surface area contributed by atoms with Gasteiger partial charge in [0, 0.05) is 28.8 Å². The van der Waals surface area contributed by atoms with Gasteiger partial charge in [0.2, 0.25) is 11.8 Å². The van der Waals surface area contributed by atoms with Gasteiger partial charge in [-0.05, 0) is 74.2 Å². The Morgan fingerprint density at radius 3 is 2.38 bits per heavy atom. The molecule has 1 heterocycles. The van der Waals surface area contributed by atoms with Crippen LogP contribution in [0.1, 0.15) is 28.7 Å². The van der Waals surface area contributed by atoms with Crippen molar-refractivity contribution in [1.29, 1.82) is 0 Å². The molecule has 1 atom stereocenters. The molecule has 1 aliphatic rings. The van der Waals surface area contributed by atoms with Gasteiger partial charge in [0.15, 0.2) is 0 Å². The minimum atomic E-state index is -0.341. The quantitative estimate of drug-likeness (QED) is 0.792. The minimum absolute atomic E-state index is 0.00106. The monoisotopic (exact) mass is 414 g/mol. The third-order valence-electron chi connectivity index (χ3n) is 4.99. The summed E-state index contributed by atoms with van der Waals surface area (Å²) in [5, 5.41) is 3.00. The summed E-state index contributed by atoms with van der Waals surface area (Å²) < 4.78 is 1.02. The molecule has 0 radical (unpaired) electrons. The van der Waals surface area contributed by atoms with Gasteiger partial charge in [-0.25, -0.2) is 0 Å². The van der Waals surface area contributed by atoms with Crippen LogP contribution in [0, 0.1) is 33.6 Å². The molecule has 5 heteroatoms. The molecule has 0 saturated carbocycles. The van der Waals surface area contributed by atoms with Crippen molar-refractivity contribution in [3.63, 3.8) is 0 Å². The molecule has 0 spiro atoms. The van der Waals surface area contributed by atoms with E-state index in [0.29, 0.717) is 6.54 Å². The molecule has 26 heavy (non-hydrogen) atoms. The molecule has 1 saturated heterocycles. The van der Waals surface area contributed by atoms with Gasteiger partial charge in [-0.1, -0.05) is 22.0 Å². The third kappa shape index (κ3) is 3.68. The Bertz CT molecular complexity index is 872. The standard InChI is InChI=1S/C21H23BrN2O2/c1-12-7-13(2)9-17(8-12)24-11-16(10-20(24)25)21(26)23-19-6-5-18(22)14(3)15(19)4/h5-9,16H,10-11H2,1-4H3,(H,23,26)/t16-/m1/s1. The Labute approximate surface area is 162 Å². The van der Waals surface area contributed by atoms with Crippen molar-refractivity contribution in [2.75, 3.05) is 16.8 Å². The maximum absolute atomic E-state index is 12.7. The number of hydrogen-bond donors (Lipinski definition) is 1. The van der Waals surface area contributed by atoms with Crippen molar-refractivity contribution in [2.45, 2.75) is 34.1 Å². The molecule has 1 N–H and O–H groups in total. The van der Waals surface area contributed by atoms with E-state index in [2.05, 4.69) is 27.3 Å². The molecule has 2 amide bonds. The van der Waals surface area contributed by atoms with Gasteiger partial charge in [-0.2, -0.15) is 0 Å². The number of nitrogens with one attached hydrogen (secondary N) is 1. The lowest BCUT2D eigenvalue weighted by Gasteiger charge is -2.18. The van der Waals surface area contributed by atoms with Gasteiger partial charge < -0.3 is 10.2 Å². The molecule has 3 rings (SSSR count).